The number of anilines is 1. The fraction of sp³-hybridized carbons (Fsp3) is 0.529. The van der Waals surface area contributed by atoms with Gasteiger partial charge in [-0.3, -0.25) is 14.5 Å². The summed E-state index contributed by atoms with van der Waals surface area (Å²) < 4.78 is 5.46. The standard InChI is InChI=1S/C17H22N2O3/c1-12-7-8-14-15(9-12)22-11-17(21)19(14)10-16(20)18-13-5-3-2-4-6-13/h7-9,13H,2-6,10-11H2,1H3,(H,18,20). The molecule has 0 atom stereocenters. The average Bonchev–Trinajstić information content (AvgIpc) is 2.51. The first-order chi connectivity index (χ1) is 10.6. The van der Waals surface area contributed by atoms with Gasteiger partial charge in [0.2, 0.25) is 5.91 Å². The first-order valence-electron chi connectivity index (χ1n) is 7.96. The summed E-state index contributed by atoms with van der Waals surface area (Å²) >= 11 is 0. The molecule has 22 heavy (non-hydrogen) atoms. The van der Waals surface area contributed by atoms with Crippen molar-refractivity contribution in [2.75, 3.05) is 18.1 Å². The van der Waals surface area contributed by atoms with Gasteiger partial charge in [-0.25, -0.2) is 0 Å². The number of hydrogen-bond donors (Lipinski definition) is 1. The van der Waals surface area contributed by atoms with Crippen LogP contribution in [0.25, 0.3) is 0 Å². The number of nitrogens with zero attached hydrogens (tertiary/aromatic N) is 1. The number of hydrogen-bond acceptors (Lipinski definition) is 3. The zero-order chi connectivity index (χ0) is 15.5. The van der Waals surface area contributed by atoms with Crippen LogP contribution >= 0.6 is 0 Å². The Hall–Kier alpha value is -2.04. The number of nitrogens with one attached hydrogen (secondary N) is 1. The second kappa shape index (κ2) is 6.38. The molecule has 0 saturated heterocycles. The van der Waals surface area contributed by atoms with Crippen LogP contribution in [0.1, 0.15) is 37.7 Å². The minimum atomic E-state index is -0.171. The molecule has 1 aromatic rings. The summed E-state index contributed by atoms with van der Waals surface area (Å²) in [5, 5.41) is 3.06. The number of aryl methyl sites for hydroxylation is 1. The van der Waals surface area contributed by atoms with Crippen molar-refractivity contribution >= 4 is 17.5 Å². The summed E-state index contributed by atoms with van der Waals surface area (Å²) in [7, 11) is 0. The first kappa shape index (κ1) is 14.9. The van der Waals surface area contributed by atoms with E-state index < -0.39 is 0 Å². The monoisotopic (exact) mass is 302 g/mol. The molecule has 0 unspecified atom stereocenters. The molecular formula is C17H22N2O3. The SMILES string of the molecule is Cc1ccc2c(c1)OCC(=O)N2CC(=O)NC1CCCCC1. The van der Waals surface area contributed by atoms with E-state index in [4.69, 9.17) is 4.74 Å². The van der Waals surface area contributed by atoms with Gasteiger partial charge in [-0.15, -0.1) is 0 Å². The van der Waals surface area contributed by atoms with E-state index in [1.807, 2.05) is 25.1 Å². The Morgan fingerprint density at radius 2 is 2.09 bits per heavy atom. The lowest BCUT2D eigenvalue weighted by Crippen LogP contribution is -2.47. The van der Waals surface area contributed by atoms with Crippen LogP contribution in [0.15, 0.2) is 18.2 Å². The smallest absolute Gasteiger partial charge is 0.265 e. The molecule has 0 aromatic heterocycles. The zero-order valence-electron chi connectivity index (χ0n) is 12.9. The molecular weight excluding hydrogens is 280 g/mol. The van der Waals surface area contributed by atoms with Crippen molar-refractivity contribution in [3.05, 3.63) is 23.8 Å². The van der Waals surface area contributed by atoms with Gasteiger partial charge in [0.25, 0.3) is 5.91 Å². The number of amides is 2. The number of ether oxygens (including phenoxy) is 1. The molecule has 2 aliphatic rings. The van der Waals surface area contributed by atoms with Crippen molar-refractivity contribution in [3.63, 3.8) is 0 Å². The molecule has 0 bridgehead atoms. The molecule has 1 aromatic carbocycles. The minimum absolute atomic E-state index is 0.00678. The Morgan fingerprint density at radius 3 is 2.86 bits per heavy atom. The fourth-order valence-electron chi connectivity index (χ4n) is 3.15. The van der Waals surface area contributed by atoms with Crippen LogP contribution in [0.2, 0.25) is 0 Å². The molecule has 1 heterocycles. The lowest BCUT2D eigenvalue weighted by molar-refractivity contribution is -0.125. The quantitative estimate of drug-likeness (QED) is 0.931. The average molecular weight is 302 g/mol. The molecule has 5 nitrogen and oxygen atoms in total. The lowest BCUT2D eigenvalue weighted by atomic mass is 9.95. The van der Waals surface area contributed by atoms with Crippen LogP contribution in [0, 0.1) is 6.92 Å². The number of fused-ring (bicyclic) bond motifs is 1. The predicted molar refractivity (Wildman–Crippen MR) is 84.0 cm³/mol. The third-order valence-corrected chi connectivity index (χ3v) is 4.33. The van der Waals surface area contributed by atoms with E-state index in [1.54, 1.807) is 0 Å². The van der Waals surface area contributed by atoms with E-state index in [9.17, 15) is 9.59 Å². The van der Waals surface area contributed by atoms with E-state index >= 15 is 0 Å². The molecule has 1 aliphatic carbocycles. The summed E-state index contributed by atoms with van der Waals surface area (Å²) in [6.45, 7) is 2.03. The van der Waals surface area contributed by atoms with Gasteiger partial charge in [-0.2, -0.15) is 0 Å². The van der Waals surface area contributed by atoms with E-state index in [-0.39, 0.29) is 31.0 Å². The Kier molecular flexibility index (Phi) is 4.32. The normalized spacial score (nSPS) is 18.6. The Labute approximate surface area is 130 Å². The summed E-state index contributed by atoms with van der Waals surface area (Å²) in [5.41, 5.74) is 1.75. The third kappa shape index (κ3) is 3.24. The van der Waals surface area contributed by atoms with Gasteiger partial charge in [0.15, 0.2) is 6.61 Å². The maximum absolute atomic E-state index is 12.3. The Bertz CT molecular complexity index is 579. The van der Waals surface area contributed by atoms with Gasteiger partial charge >= 0.3 is 0 Å². The second-order valence-electron chi connectivity index (χ2n) is 6.14. The molecule has 1 fully saturated rings. The van der Waals surface area contributed by atoms with Crippen LogP contribution in [0.3, 0.4) is 0 Å². The lowest BCUT2D eigenvalue weighted by Gasteiger charge is -2.30. The highest BCUT2D eigenvalue weighted by Crippen LogP contribution is 2.32. The highest BCUT2D eigenvalue weighted by molar-refractivity contribution is 6.02. The van der Waals surface area contributed by atoms with E-state index in [1.165, 1.54) is 24.2 Å². The van der Waals surface area contributed by atoms with Crippen LogP contribution in [0.4, 0.5) is 5.69 Å². The van der Waals surface area contributed by atoms with E-state index in [0.717, 1.165) is 18.4 Å². The molecule has 1 aliphatic heterocycles. The van der Waals surface area contributed by atoms with Gasteiger partial charge < -0.3 is 10.1 Å². The van der Waals surface area contributed by atoms with Crippen LogP contribution in [0.5, 0.6) is 5.75 Å². The summed E-state index contributed by atoms with van der Waals surface area (Å²) in [6, 6.07) is 5.92. The van der Waals surface area contributed by atoms with Crippen LogP contribution < -0.4 is 15.0 Å². The molecule has 0 spiro atoms. The van der Waals surface area contributed by atoms with Crippen LogP contribution in [-0.2, 0) is 9.59 Å². The zero-order valence-corrected chi connectivity index (χ0v) is 12.9. The van der Waals surface area contributed by atoms with Crippen molar-refractivity contribution in [3.8, 4) is 5.75 Å². The first-order valence-corrected chi connectivity index (χ1v) is 7.96. The van der Waals surface area contributed by atoms with Crippen molar-refractivity contribution < 1.29 is 14.3 Å². The van der Waals surface area contributed by atoms with Crippen LogP contribution in [-0.4, -0.2) is 31.0 Å². The molecule has 2 amide bonds. The van der Waals surface area contributed by atoms with Gasteiger partial charge in [0.1, 0.15) is 12.3 Å². The number of carbonyl (C=O) groups is 2. The summed E-state index contributed by atoms with van der Waals surface area (Å²) in [6.07, 6.45) is 5.67. The second-order valence-corrected chi connectivity index (χ2v) is 6.14. The van der Waals surface area contributed by atoms with E-state index in [2.05, 4.69) is 5.32 Å². The van der Waals surface area contributed by atoms with Gasteiger partial charge in [-0.1, -0.05) is 25.3 Å². The number of carbonyl (C=O) groups excluding carboxylic acids is 2. The highest BCUT2D eigenvalue weighted by Gasteiger charge is 2.28. The molecule has 5 heteroatoms. The van der Waals surface area contributed by atoms with Crippen molar-refractivity contribution in [1.29, 1.82) is 0 Å². The summed E-state index contributed by atoms with van der Waals surface area (Å²) in [4.78, 5) is 25.9. The number of benzene rings is 1. The molecule has 1 N–H and O–H groups in total. The van der Waals surface area contributed by atoms with Crippen molar-refractivity contribution in [2.45, 2.75) is 45.1 Å². The van der Waals surface area contributed by atoms with Gasteiger partial charge in [-0.05, 0) is 37.5 Å². The maximum atomic E-state index is 12.3. The van der Waals surface area contributed by atoms with Crippen molar-refractivity contribution in [2.24, 2.45) is 0 Å². The highest BCUT2D eigenvalue weighted by atomic mass is 16.5. The number of rotatable bonds is 3. The minimum Gasteiger partial charge on any atom is -0.482 e. The molecule has 3 rings (SSSR count). The van der Waals surface area contributed by atoms with E-state index in [0.29, 0.717) is 11.4 Å². The van der Waals surface area contributed by atoms with Gasteiger partial charge in [0, 0.05) is 6.04 Å². The van der Waals surface area contributed by atoms with Gasteiger partial charge in [0.05, 0.1) is 5.69 Å². The predicted octanol–water partition coefficient (Wildman–Crippen LogP) is 2.17. The molecule has 0 radical (unpaired) electrons. The Balaban J connectivity index is 1.68. The largest absolute Gasteiger partial charge is 0.482 e. The topological polar surface area (TPSA) is 58.6 Å². The third-order valence-electron chi connectivity index (χ3n) is 4.33. The molecule has 1 saturated carbocycles. The maximum Gasteiger partial charge on any atom is 0.265 e. The summed E-state index contributed by atoms with van der Waals surface area (Å²) in [5.74, 6) is 0.411. The molecule has 118 valence electrons. The van der Waals surface area contributed by atoms with Crippen molar-refractivity contribution in [1.82, 2.24) is 5.32 Å². The fourth-order valence-corrected chi connectivity index (χ4v) is 3.15. The Morgan fingerprint density at radius 1 is 1.32 bits per heavy atom.